The fraction of sp³-hybridized carbons (Fsp3) is 0.250. The number of aromatic nitrogens is 2. The van der Waals surface area contributed by atoms with Crippen LogP contribution in [0.3, 0.4) is 0 Å². The predicted octanol–water partition coefficient (Wildman–Crippen LogP) is 3.49. The van der Waals surface area contributed by atoms with E-state index in [2.05, 4.69) is 15.5 Å². The first kappa shape index (κ1) is 20.5. The quantitative estimate of drug-likeness (QED) is 0.643. The molecule has 1 fully saturated rings. The van der Waals surface area contributed by atoms with E-state index in [4.69, 9.17) is 16.0 Å². The number of carbonyl (C=O) groups is 1. The number of carbonyl (C=O) groups excluding carboxylic acids is 1. The first-order valence-electron chi connectivity index (χ1n) is 9.33. The molecule has 2 heterocycles. The molecule has 2 aromatic carbocycles. The summed E-state index contributed by atoms with van der Waals surface area (Å²) in [4.78, 5) is 12.9. The van der Waals surface area contributed by atoms with Crippen LogP contribution in [-0.4, -0.2) is 41.4 Å². The number of nitrogens with zero attached hydrogens (tertiary/aromatic N) is 3. The van der Waals surface area contributed by atoms with Gasteiger partial charge in [-0.3, -0.25) is 10.1 Å². The Morgan fingerprint density at radius 1 is 1.13 bits per heavy atom. The number of sulfonamides is 1. The van der Waals surface area contributed by atoms with Gasteiger partial charge in [-0.2, -0.15) is 4.31 Å². The smallest absolute Gasteiger partial charge is 0.322 e. The Labute approximate surface area is 178 Å². The van der Waals surface area contributed by atoms with Crippen molar-refractivity contribution in [3.8, 4) is 11.5 Å². The molecule has 1 unspecified atom stereocenters. The summed E-state index contributed by atoms with van der Waals surface area (Å²) < 4.78 is 32.7. The van der Waals surface area contributed by atoms with Crippen molar-refractivity contribution in [2.24, 2.45) is 0 Å². The summed E-state index contributed by atoms with van der Waals surface area (Å²) in [6, 6.07) is 12.4. The second kappa shape index (κ2) is 8.17. The van der Waals surface area contributed by atoms with Gasteiger partial charge < -0.3 is 4.42 Å². The number of rotatable bonds is 5. The molecule has 30 heavy (non-hydrogen) atoms. The van der Waals surface area contributed by atoms with Gasteiger partial charge in [0.25, 0.3) is 0 Å². The maximum atomic E-state index is 13.0. The zero-order valence-electron chi connectivity index (χ0n) is 16.1. The van der Waals surface area contributed by atoms with Crippen molar-refractivity contribution in [3.63, 3.8) is 0 Å². The highest BCUT2D eigenvalue weighted by Gasteiger charge is 2.39. The van der Waals surface area contributed by atoms with Crippen molar-refractivity contribution in [1.82, 2.24) is 14.5 Å². The second-order valence-corrected chi connectivity index (χ2v) is 9.32. The lowest BCUT2D eigenvalue weighted by Crippen LogP contribution is -2.43. The van der Waals surface area contributed by atoms with Crippen LogP contribution in [0.4, 0.5) is 6.01 Å². The molecule has 156 valence electrons. The fourth-order valence-electron chi connectivity index (χ4n) is 3.31. The largest absolute Gasteiger partial charge is 0.403 e. The van der Waals surface area contributed by atoms with Crippen LogP contribution in [0.5, 0.6) is 0 Å². The Balaban J connectivity index is 1.50. The molecule has 0 radical (unpaired) electrons. The number of anilines is 1. The molecule has 1 aliphatic heterocycles. The van der Waals surface area contributed by atoms with Gasteiger partial charge >= 0.3 is 6.01 Å². The number of aryl methyl sites for hydroxylation is 1. The van der Waals surface area contributed by atoms with E-state index in [-0.39, 0.29) is 23.3 Å². The molecule has 8 nitrogen and oxygen atoms in total. The third kappa shape index (κ3) is 4.09. The Morgan fingerprint density at radius 3 is 2.53 bits per heavy atom. The standard InChI is InChI=1S/C20H19ClN4O4S/c1-13-4-6-14(7-5-13)19-23-24-20(29-19)22-18(26)17-3-2-12-25(17)30(27,28)16-10-8-15(21)9-11-16/h4-11,17H,2-3,12H2,1H3,(H,22,24,26). The molecule has 1 aliphatic rings. The van der Waals surface area contributed by atoms with Gasteiger partial charge in [-0.1, -0.05) is 34.4 Å². The minimum Gasteiger partial charge on any atom is -0.403 e. The van der Waals surface area contributed by atoms with E-state index in [9.17, 15) is 13.2 Å². The van der Waals surface area contributed by atoms with Crippen LogP contribution in [0.25, 0.3) is 11.5 Å². The van der Waals surface area contributed by atoms with Gasteiger partial charge in [-0.25, -0.2) is 8.42 Å². The Bertz CT molecular complexity index is 1160. The highest BCUT2D eigenvalue weighted by molar-refractivity contribution is 7.89. The van der Waals surface area contributed by atoms with E-state index < -0.39 is 22.0 Å². The molecule has 0 bridgehead atoms. The first-order valence-corrected chi connectivity index (χ1v) is 11.2. The lowest BCUT2D eigenvalue weighted by atomic mass is 10.1. The number of nitrogens with one attached hydrogen (secondary N) is 1. The molecule has 0 spiro atoms. The van der Waals surface area contributed by atoms with Crippen molar-refractivity contribution in [2.45, 2.75) is 30.7 Å². The van der Waals surface area contributed by atoms with Crippen molar-refractivity contribution in [1.29, 1.82) is 0 Å². The molecule has 0 aliphatic carbocycles. The zero-order valence-corrected chi connectivity index (χ0v) is 17.7. The molecule has 1 N–H and O–H groups in total. The molecule has 1 amide bonds. The van der Waals surface area contributed by atoms with Gasteiger partial charge in [0.05, 0.1) is 4.90 Å². The molecule has 1 atom stereocenters. The van der Waals surface area contributed by atoms with Crippen LogP contribution in [-0.2, 0) is 14.8 Å². The van der Waals surface area contributed by atoms with Gasteiger partial charge in [0.15, 0.2) is 0 Å². The number of amides is 1. The summed E-state index contributed by atoms with van der Waals surface area (Å²) in [7, 11) is -3.84. The molecule has 1 saturated heterocycles. The van der Waals surface area contributed by atoms with E-state index in [1.54, 1.807) is 0 Å². The summed E-state index contributed by atoms with van der Waals surface area (Å²) >= 11 is 5.85. The van der Waals surface area contributed by atoms with Crippen molar-refractivity contribution < 1.29 is 17.6 Å². The molecule has 10 heteroatoms. The molecule has 4 rings (SSSR count). The molecular weight excluding hydrogens is 428 g/mol. The number of benzene rings is 2. The fourth-order valence-corrected chi connectivity index (χ4v) is 5.09. The monoisotopic (exact) mass is 446 g/mol. The minimum atomic E-state index is -3.84. The normalized spacial score (nSPS) is 17.2. The summed E-state index contributed by atoms with van der Waals surface area (Å²) in [6.07, 6.45) is 0.973. The molecule has 3 aromatic rings. The second-order valence-electron chi connectivity index (χ2n) is 7.00. The van der Waals surface area contributed by atoms with Gasteiger partial charge in [0, 0.05) is 17.1 Å². The zero-order chi connectivity index (χ0) is 21.3. The maximum absolute atomic E-state index is 13.0. The topological polar surface area (TPSA) is 105 Å². The highest BCUT2D eigenvalue weighted by Crippen LogP contribution is 2.28. The minimum absolute atomic E-state index is 0.0775. The third-order valence-electron chi connectivity index (χ3n) is 4.88. The summed E-state index contributed by atoms with van der Waals surface area (Å²) in [5, 5.41) is 10.8. The van der Waals surface area contributed by atoms with E-state index >= 15 is 0 Å². The van der Waals surface area contributed by atoms with Gasteiger partial charge in [-0.15, -0.1) is 5.10 Å². The van der Waals surface area contributed by atoms with Crippen LogP contribution >= 0.6 is 11.6 Å². The average molecular weight is 447 g/mol. The van der Waals surface area contributed by atoms with E-state index in [0.717, 1.165) is 11.1 Å². The average Bonchev–Trinajstić information content (AvgIpc) is 3.39. The first-order chi connectivity index (χ1) is 14.3. The number of hydrogen-bond donors (Lipinski definition) is 1. The Hall–Kier alpha value is -2.75. The highest BCUT2D eigenvalue weighted by atomic mass is 35.5. The maximum Gasteiger partial charge on any atom is 0.322 e. The van der Waals surface area contributed by atoms with Crippen molar-refractivity contribution in [2.75, 3.05) is 11.9 Å². The molecule has 1 aromatic heterocycles. The number of hydrogen-bond acceptors (Lipinski definition) is 6. The van der Waals surface area contributed by atoms with Crippen LogP contribution in [0.2, 0.25) is 5.02 Å². The van der Waals surface area contributed by atoms with Crippen LogP contribution in [0.15, 0.2) is 57.8 Å². The van der Waals surface area contributed by atoms with Gasteiger partial charge in [0.1, 0.15) is 6.04 Å². The SMILES string of the molecule is Cc1ccc(-c2nnc(NC(=O)C3CCCN3S(=O)(=O)c3ccc(Cl)cc3)o2)cc1. The summed E-state index contributed by atoms with van der Waals surface area (Å²) in [6.45, 7) is 2.22. The third-order valence-corrected chi connectivity index (χ3v) is 7.05. The predicted molar refractivity (Wildman–Crippen MR) is 111 cm³/mol. The number of halogens is 1. The van der Waals surface area contributed by atoms with Crippen LogP contribution in [0.1, 0.15) is 18.4 Å². The van der Waals surface area contributed by atoms with Gasteiger partial charge in [0.2, 0.25) is 21.8 Å². The Morgan fingerprint density at radius 2 is 1.83 bits per heavy atom. The van der Waals surface area contributed by atoms with E-state index in [1.165, 1.54) is 28.6 Å². The van der Waals surface area contributed by atoms with E-state index in [1.807, 2.05) is 31.2 Å². The Kier molecular flexibility index (Phi) is 5.59. The van der Waals surface area contributed by atoms with E-state index in [0.29, 0.717) is 17.9 Å². The summed E-state index contributed by atoms with van der Waals surface area (Å²) in [5.74, 6) is -0.244. The van der Waals surface area contributed by atoms with Crippen LogP contribution < -0.4 is 5.32 Å². The molecular formula is C20H19ClN4O4S. The van der Waals surface area contributed by atoms with Crippen molar-refractivity contribution in [3.05, 3.63) is 59.1 Å². The lowest BCUT2D eigenvalue weighted by Gasteiger charge is -2.22. The van der Waals surface area contributed by atoms with Crippen LogP contribution in [0, 0.1) is 6.92 Å². The van der Waals surface area contributed by atoms with Crippen molar-refractivity contribution >= 4 is 33.5 Å². The molecule has 0 saturated carbocycles. The summed E-state index contributed by atoms with van der Waals surface area (Å²) in [5.41, 5.74) is 1.82. The lowest BCUT2D eigenvalue weighted by molar-refractivity contribution is -0.119. The van der Waals surface area contributed by atoms with Gasteiger partial charge in [-0.05, 0) is 56.2 Å².